The van der Waals surface area contributed by atoms with E-state index in [4.69, 9.17) is 4.74 Å². The molecule has 1 aromatic heterocycles. The number of rotatable bonds is 2. The number of fused-ring (bicyclic) bond motifs is 4. The highest BCUT2D eigenvalue weighted by Gasteiger charge is 2.73. The lowest BCUT2D eigenvalue weighted by atomic mass is 9.49. The summed E-state index contributed by atoms with van der Waals surface area (Å²) < 4.78 is 9.41. The largest absolute Gasteiger partial charge is 0.504 e. The predicted octanol–water partition coefficient (Wildman–Crippen LogP) is 4.76. The van der Waals surface area contributed by atoms with E-state index in [-0.39, 0.29) is 17.9 Å². The van der Waals surface area contributed by atoms with Crippen molar-refractivity contribution in [3.63, 3.8) is 0 Å². The van der Waals surface area contributed by atoms with Gasteiger partial charge in [0.1, 0.15) is 0 Å². The van der Waals surface area contributed by atoms with Crippen molar-refractivity contribution in [2.75, 3.05) is 13.1 Å². The normalized spacial score (nSPS) is 32.6. The first-order valence-electron chi connectivity index (χ1n) is 14.1. The minimum absolute atomic E-state index is 0.0728. The Hall–Kier alpha value is -3.02. The SMILES string of the molecule is Oc1ccc2c3c1OC1c4c(c5ccc6cccc7c6c5n4CC7)CC4(O)C(C2)N(CC2CC2)CCC314. The maximum absolute atomic E-state index is 13.1. The molecule has 0 amide bonds. The number of ether oxygens (including phenoxy) is 1. The molecule has 4 atom stereocenters. The Labute approximate surface area is 215 Å². The van der Waals surface area contributed by atoms with Crippen molar-refractivity contribution in [3.05, 3.63) is 70.4 Å². The quantitative estimate of drug-likeness (QED) is 0.426. The number of aromatic nitrogens is 1. The van der Waals surface area contributed by atoms with Crippen LogP contribution in [0.3, 0.4) is 0 Å². The summed E-state index contributed by atoms with van der Waals surface area (Å²) >= 11 is 0. The van der Waals surface area contributed by atoms with Gasteiger partial charge in [-0.25, -0.2) is 0 Å². The summed E-state index contributed by atoms with van der Waals surface area (Å²) in [6, 6.07) is 15.2. The van der Waals surface area contributed by atoms with Gasteiger partial charge >= 0.3 is 0 Å². The summed E-state index contributed by atoms with van der Waals surface area (Å²) in [6.45, 7) is 3.01. The molecule has 4 unspecified atom stereocenters. The Kier molecular flexibility index (Phi) is 3.33. The summed E-state index contributed by atoms with van der Waals surface area (Å²) in [5.41, 5.74) is 6.18. The van der Waals surface area contributed by atoms with Gasteiger partial charge in [0.25, 0.3) is 0 Å². The molecule has 0 radical (unpaired) electrons. The lowest BCUT2D eigenvalue weighted by Gasteiger charge is -2.63. The van der Waals surface area contributed by atoms with Gasteiger partial charge in [-0.3, -0.25) is 4.90 Å². The van der Waals surface area contributed by atoms with Crippen molar-refractivity contribution >= 4 is 21.7 Å². The molecular formula is C32H30N2O3. The lowest BCUT2D eigenvalue weighted by Crippen LogP contribution is -2.74. The second kappa shape index (κ2) is 6.16. The summed E-state index contributed by atoms with van der Waals surface area (Å²) in [7, 11) is 0. The van der Waals surface area contributed by atoms with Crippen LogP contribution in [0.5, 0.6) is 11.5 Å². The number of hydrogen-bond acceptors (Lipinski definition) is 4. The highest BCUT2D eigenvalue weighted by molar-refractivity contribution is 6.10. The van der Waals surface area contributed by atoms with Gasteiger partial charge in [-0.05, 0) is 72.7 Å². The average Bonchev–Trinajstić information content (AvgIpc) is 3.56. The summed E-state index contributed by atoms with van der Waals surface area (Å²) in [5, 5.41) is 28.1. The number of likely N-dealkylation sites (tertiary alicyclic amines) is 1. The van der Waals surface area contributed by atoms with Crippen molar-refractivity contribution in [3.8, 4) is 11.5 Å². The molecule has 37 heavy (non-hydrogen) atoms. The fourth-order valence-electron chi connectivity index (χ4n) is 9.46. The van der Waals surface area contributed by atoms with Gasteiger partial charge in [-0.2, -0.15) is 0 Å². The van der Waals surface area contributed by atoms with Crippen LogP contribution in [0.2, 0.25) is 0 Å². The fraction of sp³-hybridized carbons (Fsp3) is 0.438. The van der Waals surface area contributed by atoms with Gasteiger partial charge in [0, 0.05) is 41.9 Å². The number of aryl methyl sites for hydroxylation is 2. The van der Waals surface area contributed by atoms with Crippen molar-refractivity contribution in [2.24, 2.45) is 5.92 Å². The van der Waals surface area contributed by atoms with Gasteiger partial charge < -0.3 is 19.5 Å². The summed E-state index contributed by atoms with van der Waals surface area (Å²) in [4.78, 5) is 2.61. The maximum Gasteiger partial charge on any atom is 0.166 e. The van der Waals surface area contributed by atoms with Crippen molar-refractivity contribution in [1.82, 2.24) is 9.47 Å². The minimum Gasteiger partial charge on any atom is -0.504 e. The van der Waals surface area contributed by atoms with Crippen LogP contribution in [0.1, 0.15) is 53.3 Å². The smallest absolute Gasteiger partial charge is 0.166 e. The topological polar surface area (TPSA) is 57.9 Å². The second-order valence-corrected chi connectivity index (χ2v) is 12.7. The monoisotopic (exact) mass is 490 g/mol. The number of nitrogens with zero attached hydrogens (tertiary/aromatic N) is 2. The van der Waals surface area contributed by atoms with E-state index in [1.165, 1.54) is 56.9 Å². The molecule has 3 aliphatic carbocycles. The number of benzene rings is 3. The first-order valence-corrected chi connectivity index (χ1v) is 14.1. The van der Waals surface area contributed by atoms with Crippen LogP contribution >= 0.6 is 0 Å². The van der Waals surface area contributed by atoms with Crippen LogP contribution in [0.25, 0.3) is 21.7 Å². The highest BCUT2D eigenvalue weighted by Crippen LogP contribution is 2.69. The van der Waals surface area contributed by atoms with Gasteiger partial charge in [-0.1, -0.05) is 36.4 Å². The van der Waals surface area contributed by atoms with Gasteiger partial charge in [0.2, 0.25) is 0 Å². The van der Waals surface area contributed by atoms with Gasteiger partial charge in [-0.15, -0.1) is 0 Å². The third-order valence-corrected chi connectivity index (χ3v) is 11.1. The van der Waals surface area contributed by atoms with Crippen LogP contribution in [0.15, 0.2) is 42.5 Å². The molecule has 5 nitrogen and oxygen atoms in total. The van der Waals surface area contributed by atoms with E-state index in [2.05, 4.69) is 45.9 Å². The van der Waals surface area contributed by atoms with Gasteiger partial charge in [0.15, 0.2) is 17.6 Å². The fourth-order valence-corrected chi connectivity index (χ4v) is 9.46. The lowest BCUT2D eigenvalue weighted by molar-refractivity contribution is -0.173. The first kappa shape index (κ1) is 20.0. The molecular weight excluding hydrogens is 460 g/mol. The second-order valence-electron chi connectivity index (χ2n) is 12.7. The number of aromatic hydroxyl groups is 1. The van der Waals surface area contributed by atoms with Crippen molar-refractivity contribution < 1.29 is 14.9 Å². The van der Waals surface area contributed by atoms with Crippen LogP contribution in [-0.4, -0.2) is 44.4 Å². The molecule has 1 spiro atoms. The van der Waals surface area contributed by atoms with E-state index in [0.717, 1.165) is 50.4 Å². The van der Waals surface area contributed by atoms with Crippen LogP contribution in [0.4, 0.5) is 0 Å². The number of piperidine rings is 1. The zero-order chi connectivity index (χ0) is 24.3. The minimum atomic E-state index is -0.925. The molecule has 3 aliphatic heterocycles. The van der Waals surface area contributed by atoms with E-state index < -0.39 is 11.0 Å². The van der Waals surface area contributed by atoms with E-state index >= 15 is 0 Å². The molecule has 3 aromatic carbocycles. The van der Waals surface area contributed by atoms with E-state index in [0.29, 0.717) is 12.2 Å². The zero-order valence-electron chi connectivity index (χ0n) is 20.8. The summed E-state index contributed by atoms with van der Waals surface area (Å²) in [5.74, 6) is 1.63. The molecule has 4 heterocycles. The Morgan fingerprint density at radius 1 is 1.03 bits per heavy atom. The Morgan fingerprint density at radius 2 is 1.95 bits per heavy atom. The van der Waals surface area contributed by atoms with Crippen LogP contribution in [-0.2, 0) is 31.2 Å². The zero-order valence-corrected chi connectivity index (χ0v) is 20.8. The number of phenols is 1. The Morgan fingerprint density at radius 3 is 2.84 bits per heavy atom. The summed E-state index contributed by atoms with van der Waals surface area (Å²) in [6.07, 6.45) is 5.72. The molecule has 4 aromatic rings. The van der Waals surface area contributed by atoms with Crippen molar-refractivity contribution in [1.29, 1.82) is 0 Å². The Balaban J connectivity index is 1.30. The Bertz CT molecular complexity index is 1720. The van der Waals surface area contributed by atoms with E-state index in [1.807, 2.05) is 6.07 Å². The molecule has 5 heteroatoms. The van der Waals surface area contributed by atoms with Crippen LogP contribution < -0.4 is 4.74 Å². The van der Waals surface area contributed by atoms with Crippen molar-refractivity contribution in [2.45, 2.75) is 68.2 Å². The molecule has 1 saturated carbocycles. The number of aliphatic hydroxyl groups is 1. The number of hydrogen-bond donors (Lipinski definition) is 2. The third-order valence-electron chi connectivity index (χ3n) is 11.1. The van der Waals surface area contributed by atoms with Crippen LogP contribution in [0, 0.1) is 5.92 Å². The molecule has 2 fully saturated rings. The van der Waals surface area contributed by atoms with E-state index in [1.54, 1.807) is 0 Å². The highest BCUT2D eigenvalue weighted by atomic mass is 16.5. The number of phenolic OH excluding ortho intramolecular Hbond substituents is 1. The maximum atomic E-state index is 13.1. The first-order chi connectivity index (χ1) is 18.1. The van der Waals surface area contributed by atoms with E-state index in [9.17, 15) is 10.2 Å². The molecule has 1 saturated heterocycles. The molecule has 2 bridgehead atoms. The average molecular weight is 491 g/mol. The van der Waals surface area contributed by atoms with Gasteiger partial charge in [0.05, 0.1) is 22.2 Å². The third kappa shape index (κ3) is 2.09. The molecule has 2 N–H and O–H groups in total. The molecule has 186 valence electrons. The standard InChI is InChI=1S/C32H30N2O3/c35-23-9-7-20-14-24-32(36)15-22-21-8-6-18-2-1-3-19-10-12-34(27(21)25(18)19)28(22)30-31(32,26(20)29(23)37-30)11-13-33(24)16-17-4-5-17/h1-3,6-9,17,24,30,35-36H,4-5,10-16H2. The predicted molar refractivity (Wildman–Crippen MR) is 141 cm³/mol. The molecule has 6 aliphatic rings. The molecule has 10 rings (SSSR count).